The number of piperidine rings is 1. The average molecular weight is 168 g/mol. The molecule has 0 radical (unpaired) electrons. The molecule has 1 heterocycles. The third-order valence-corrected chi connectivity index (χ3v) is 3.47. The van der Waals surface area contributed by atoms with Gasteiger partial charge in [-0.2, -0.15) is 0 Å². The Morgan fingerprint density at radius 2 is 1.75 bits per heavy atom. The molecule has 0 amide bonds. The first-order valence-corrected chi connectivity index (χ1v) is 4.96. The van der Waals surface area contributed by atoms with Crippen molar-refractivity contribution in [2.45, 2.75) is 38.5 Å². The van der Waals surface area contributed by atoms with E-state index in [9.17, 15) is 4.79 Å². The Labute approximate surface area is 75.2 Å². The number of carbonyl (C=O) groups is 1. The van der Waals surface area contributed by atoms with Crippen LogP contribution in [0.15, 0.2) is 0 Å². The molecule has 1 aliphatic heterocycles. The van der Waals surface area contributed by atoms with Crippen LogP contribution in [0.3, 0.4) is 0 Å². The molecule has 2 aliphatic rings. The minimum absolute atomic E-state index is 0.436. The third kappa shape index (κ3) is 1.53. The fraction of sp³-hybridized carbons (Fsp3) is 0.900. The second-order valence-corrected chi connectivity index (χ2v) is 4.21. The van der Waals surface area contributed by atoms with Crippen LogP contribution < -0.4 is 5.31 Å². The molecule has 1 spiro atoms. The van der Waals surface area contributed by atoms with Gasteiger partial charge in [0.1, 0.15) is 7.20 Å². The molecule has 2 rings (SSSR count). The van der Waals surface area contributed by atoms with E-state index in [0.717, 1.165) is 51.6 Å². The van der Waals surface area contributed by atoms with Crippen molar-refractivity contribution < 1.29 is 6.21 Å². The highest BCUT2D eigenvalue weighted by Crippen LogP contribution is 2.41. The molecule has 1 N–H and O–H groups in total. The minimum Gasteiger partial charge on any atom is -0.317 e. The van der Waals surface area contributed by atoms with Gasteiger partial charge in [-0.05, 0) is 44.2 Å². The van der Waals surface area contributed by atoms with Gasteiger partial charge in [-0.25, -0.2) is 0 Å². The van der Waals surface area contributed by atoms with Gasteiger partial charge >= 0.3 is 0 Å². The monoisotopic (exact) mass is 168 g/mol. The largest absolute Gasteiger partial charge is 0.317 e. The Morgan fingerprint density at radius 3 is 2.33 bits per heavy atom. The molecule has 0 unspecified atom stereocenters. The highest BCUT2D eigenvalue weighted by Gasteiger charge is 2.35. The SMILES string of the molecule is [2H]N1CCC2(CCC(=O)CC2)CC1. The lowest BCUT2D eigenvalue weighted by Gasteiger charge is -2.40. The summed E-state index contributed by atoms with van der Waals surface area (Å²) in [4.78, 5) is 11.1. The van der Waals surface area contributed by atoms with Gasteiger partial charge in [-0.1, -0.05) is 0 Å². The van der Waals surface area contributed by atoms with E-state index in [1.807, 2.05) is 0 Å². The van der Waals surface area contributed by atoms with Crippen LogP contribution >= 0.6 is 0 Å². The number of nitrogens with one attached hydrogen (secondary N) is 1. The van der Waals surface area contributed by atoms with Gasteiger partial charge in [0.25, 0.3) is 0 Å². The van der Waals surface area contributed by atoms with Gasteiger partial charge < -0.3 is 5.31 Å². The lowest BCUT2D eigenvalue weighted by molar-refractivity contribution is -0.122. The number of carbonyl (C=O) groups excluding carboxylic acids is 1. The van der Waals surface area contributed by atoms with Gasteiger partial charge in [0.2, 0.25) is 0 Å². The quantitative estimate of drug-likeness (QED) is 0.594. The summed E-state index contributed by atoms with van der Waals surface area (Å²) in [7, 11) is 0. The molecule has 0 aromatic heterocycles. The maximum absolute atomic E-state index is 11.1. The van der Waals surface area contributed by atoms with Gasteiger partial charge in [0, 0.05) is 12.8 Å². The molecule has 0 atom stereocenters. The number of Topliss-reactive ketones (excluding diaryl/α,β-unsaturated/α-hetero) is 1. The van der Waals surface area contributed by atoms with Crippen LogP contribution in [0.25, 0.3) is 0 Å². The Bertz CT molecular complexity index is 197. The molecule has 0 bridgehead atoms. The Morgan fingerprint density at radius 1 is 1.17 bits per heavy atom. The topological polar surface area (TPSA) is 29.1 Å². The average Bonchev–Trinajstić information content (AvgIpc) is 2.16. The van der Waals surface area contributed by atoms with E-state index in [-0.39, 0.29) is 0 Å². The molecule has 2 heteroatoms. The summed E-state index contributed by atoms with van der Waals surface area (Å²) in [5.41, 5.74) is 0.436. The van der Waals surface area contributed by atoms with E-state index in [1.165, 1.54) is 0 Å². The van der Waals surface area contributed by atoms with Gasteiger partial charge in [0.05, 0.1) is 0 Å². The molecule has 0 aromatic carbocycles. The van der Waals surface area contributed by atoms with E-state index >= 15 is 0 Å². The Kier molecular flexibility index (Phi) is 1.87. The minimum atomic E-state index is 0.436. The van der Waals surface area contributed by atoms with Crippen molar-refractivity contribution in [3.05, 3.63) is 0 Å². The van der Waals surface area contributed by atoms with Gasteiger partial charge in [0.15, 0.2) is 0 Å². The summed E-state index contributed by atoms with van der Waals surface area (Å²) in [6.45, 7) is 1.79. The van der Waals surface area contributed by atoms with Crippen LogP contribution in [0.2, 0.25) is 1.41 Å². The van der Waals surface area contributed by atoms with Gasteiger partial charge in [-0.3, -0.25) is 4.79 Å². The van der Waals surface area contributed by atoms with Crippen molar-refractivity contribution >= 4 is 5.78 Å². The third-order valence-electron chi connectivity index (χ3n) is 3.47. The zero-order valence-electron chi connectivity index (χ0n) is 8.51. The smallest absolute Gasteiger partial charge is 0.132 e. The van der Waals surface area contributed by atoms with E-state index in [1.54, 1.807) is 5.31 Å². The molecule has 2 nitrogen and oxygen atoms in total. The van der Waals surface area contributed by atoms with Crippen LogP contribution in [0.5, 0.6) is 0 Å². The molecule has 1 aliphatic carbocycles. The molecule has 1 saturated heterocycles. The van der Waals surface area contributed by atoms with Crippen LogP contribution in [-0.2, 0) is 4.79 Å². The first-order chi connectivity index (χ1) is 6.20. The van der Waals surface area contributed by atoms with Crippen LogP contribution in [-0.4, -0.2) is 18.9 Å². The van der Waals surface area contributed by atoms with Crippen LogP contribution in [0.4, 0.5) is 0 Å². The molecule has 12 heavy (non-hydrogen) atoms. The summed E-state index contributed by atoms with van der Waals surface area (Å²) in [6.07, 6.45) is 6.00. The first kappa shape index (κ1) is 7.07. The molecular formula is C10H17NO. The Hall–Kier alpha value is -0.370. The lowest BCUT2D eigenvalue weighted by Crippen LogP contribution is -2.39. The predicted molar refractivity (Wildman–Crippen MR) is 48.0 cm³/mol. The number of ketones is 1. The lowest BCUT2D eigenvalue weighted by atomic mass is 9.68. The zero-order chi connectivity index (χ0) is 9.31. The van der Waals surface area contributed by atoms with Crippen LogP contribution in [0, 0.1) is 5.41 Å². The summed E-state index contributed by atoms with van der Waals surface area (Å²) < 4.78 is 7.48. The van der Waals surface area contributed by atoms with Crippen molar-refractivity contribution in [3.63, 3.8) is 0 Å². The van der Waals surface area contributed by atoms with Crippen molar-refractivity contribution in [2.75, 3.05) is 13.1 Å². The normalized spacial score (nSPS) is 32.0. The molecule has 2 fully saturated rings. The number of hydrogen-bond acceptors (Lipinski definition) is 2. The highest BCUT2D eigenvalue weighted by molar-refractivity contribution is 5.79. The van der Waals surface area contributed by atoms with E-state index in [0.29, 0.717) is 11.2 Å². The zero-order valence-corrected chi connectivity index (χ0v) is 7.51. The second-order valence-electron chi connectivity index (χ2n) is 4.21. The summed E-state index contributed by atoms with van der Waals surface area (Å²) in [5.74, 6) is 0.443. The number of hydrogen-bond donors (Lipinski definition) is 1. The maximum atomic E-state index is 11.1. The fourth-order valence-electron chi connectivity index (χ4n) is 2.43. The molecule has 68 valence electrons. The van der Waals surface area contributed by atoms with E-state index in [4.69, 9.17) is 1.41 Å². The number of rotatable bonds is 0. The van der Waals surface area contributed by atoms with E-state index < -0.39 is 0 Å². The fourth-order valence-corrected chi connectivity index (χ4v) is 2.43. The Balaban J connectivity index is 1.94. The summed E-state index contributed by atoms with van der Waals surface area (Å²) >= 11 is 0. The van der Waals surface area contributed by atoms with Crippen molar-refractivity contribution in [1.29, 1.82) is 0 Å². The van der Waals surface area contributed by atoms with Crippen molar-refractivity contribution in [1.82, 2.24) is 5.31 Å². The predicted octanol–water partition coefficient (Wildman–Crippen LogP) is 1.50. The molecule has 1 saturated carbocycles. The summed E-state index contributed by atoms with van der Waals surface area (Å²) in [6, 6.07) is 0. The summed E-state index contributed by atoms with van der Waals surface area (Å²) in [5, 5.41) is 1.65. The van der Waals surface area contributed by atoms with Crippen molar-refractivity contribution in [2.24, 2.45) is 5.41 Å². The first-order valence-electron chi connectivity index (χ1n) is 5.41. The highest BCUT2D eigenvalue weighted by atomic mass is 16.1. The van der Waals surface area contributed by atoms with Crippen molar-refractivity contribution in [3.8, 4) is 0 Å². The van der Waals surface area contributed by atoms with Gasteiger partial charge in [-0.15, -0.1) is 0 Å². The maximum Gasteiger partial charge on any atom is 0.132 e. The van der Waals surface area contributed by atoms with Crippen LogP contribution in [0.1, 0.15) is 38.5 Å². The molecular weight excluding hydrogens is 150 g/mol. The second kappa shape index (κ2) is 3.17. The van der Waals surface area contributed by atoms with E-state index in [2.05, 4.69) is 0 Å². The molecule has 0 aromatic rings. The standard InChI is InChI=1S/C10H17NO/c12-9-1-3-10(4-2-9)5-7-11-8-6-10/h11H,1-8H2/i/hD.